The molecule has 5 rings (SSSR count). The van der Waals surface area contributed by atoms with Gasteiger partial charge in [0.25, 0.3) is 11.8 Å². The summed E-state index contributed by atoms with van der Waals surface area (Å²) < 4.78 is 10.8. The Morgan fingerprint density at radius 3 is 2.10 bits per heavy atom. The Morgan fingerprint density at radius 1 is 0.694 bits per heavy atom. The molecule has 248 valence electrons. The first-order valence-electron chi connectivity index (χ1n) is 15.6. The summed E-state index contributed by atoms with van der Waals surface area (Å²) in [7, 11) is 3.07. The van der Waals surface area contributed by atoms with Gasteiger partial charge in [-0.2, -0.15) is 0 Å². The van der Waals surface area contributed by atoms with Crippen molar-refractivity contribution in [2.24, 2.45) is 0 Å². The Labute approximate surface area is 290 Å². The number of benzene rings is 5. The summed E-state index contributed by atoms with van der Waals surface area (Å²) in [4.78, 5) is 41.4. The van der Waals surface area contributed by atoms with Gasteiger partial charge in [-0.25, -0.2) is 0 Å². The van der Waals surface area contributed by atoms with E-state index in [4.69, 9.17) is 9.47 Å². The fourth-order valence-corrected chi connectivity index (χ4v) is 6.03. The summed E-state index contributed by atoms with van der Waals surface area (Å²) in [5.41, 5.74) is 5.24. The maximum absolute atomic E-state index is 13.8. The second-order valence-electron chi connectivity index (χ2n) is 11.2. The van der Waals surface area contributed by atoms with E-state index in [2.05, 4.69) is 16.0 Å². The van der Waals surface area contributed by atoms with E-state index in [9.17, 15) is 14.4 Å². The Morgan fingerprint density at radius 2 is 1.41 bits per heavy atom. The summed E-state index contributed by atoms with van der Waals surface area (Å²) in [6.45, 7) is 4.04. The summed E-state index contributed by atoms with van der Waals surface area (Å²) in [6.07, 6.45) is 1.55. The van der Waals surface area contributed by atoms with Crippen LogP contribution in [0.3, 0.4) is 0 Å². The number of ether oxygens (including phenoxy) is 2. The average molecular weight is 672 g/mol. The molecule has 3 amide bonds. The Bertz CT molecular complexity index is 1980. The van der Waals surface area contributed by atoms with Crippen LogP contribution in [0.1, 0.15) is 37.9 Å². The smallest absolute Gasteiger partial charge is 0.272 e. The van der Waals surface area contributed by atoms with Crippen LogP contribution >= 0.6 is 11.8 Å². The maximum Gasteiger partial charge on any atom is 0.272 e. The Balaban J connectivity index is 1.41. The molecule has 49 heavy (non-hydrogen) atoms. The van der Waals surface area contributed by atoms with Gasteiger partial charge in [0.15, 0.2) is 0 Å². The third kappa shape index (κ3) is 9.18. The molecule has 0 aliphatic heterocycles. The number of hydrogen-bond acceptors (Lipinski definition) is 6. The van der Waals surface area contributed by atoms with Gasteiger partial charge in [0.05, 0.1) is 14.2 Å². The van der Waals surface area contributed by atoms with Crippen molar-refractivity contribution in [3.8, 4) is 11.5 Å². The van der Waals surface area contributed by atoms with E-state index in [1.165, 1.54) is 18.9 Å². The van der Waals surface area contributed by atoms with E-state index in [1.54, 1.807) is 73.8 Å². The van der Waals surface area contributed by atoms with Crippen molar-refractivity contribution < 1.29 is 23.9 Å². The van der Waals surface area contributed by atoms with Crippen molar-refractivity contribution >= 4 is 46.9 Å². The first kappa shape index (κ1) is 34.5. The number of carbonyl (C=O) groups is 3. The first-order valence-corrected chi connectivity index (χ1v) is 16.4. The van der Waals surface area contributed by atoms with E-state index in [0.717, 1.165) is 27.3 Å². The molecule has 0 saturated carbocycles. The highest BCUT2D eigenvalue weighted by atomic mass is 32.2. The molecule has 0 spiro atoms. The van der Waals surface area contributed by atoms with Crippen LogP contribution < -0.4 is 25.4 Å². The molecule has 9 heteroatoms. The minimum absolute atomic E-state index is 0.00491. The zero-order chi connectivity index (χ0) is 34.8. The molecule has 0 radical (unpaired) electrons. The van der Waals surface area contributed by atoms with Crippen LogP contribution in [0, 0.1) is 13.8 Å². The molecule has 0 fully saturated rings. The maximum atomic E-state index is 13.8. The number of anilines is 2. The predicted molar refractivity (Wildman–Crippen MR) is 196 cm³/mol. The van der Waals surface area contributed by atoms with Gasteiger partial charge in [0.1, 0.15) is 22.4 Å². The standard InChI is InChI=1S/C40H37N3O5S/c1-26-18-20-32(22-27(26)2)42-40(46)37(28-12-7-5-8-13-28)49-34-17-11-16-31(24-34)41-39(45)35(43-38(44)29-14-9-6-10-15-29)23-30-19-21-33(47-3)25-36(30)48-4/h5-25,37H,1-4H3,(H,41,45)(H,42,46)(H,43,44)/b35-23+. The third-order valence-electron chi connectivity index (χ3n) is 7.73. The first-order chi connectivity index (χ1) is 23.7. The number of aryl methyl sites for hydroxylation is 2. The van der Waals surface area contributed by atoms with Crippen molar-refractivity contribution in [2.45, 2.75) is 24.0 Å². The minimum Gasteiger partial charge on any atom is -0.497 e. The minimum atomic E-state index is -0.572. The van der Waals surface area contributed by atoms with Crippen molar-refractivity contribution in [3.05, 3.63) is 155 Å². The number of amides is 3. The van der Waals surface area contributed by atoms with Gasteiger partial charge in [-0.1, -0.05) is 60.7 Å². The molecule has 0 aromatic heterocycles. The zero-order valence-electron chi connectivity index (χ0n) is 27.7. The highest BCUT2D eigenvalue weighted by molar-refractivity contribution is 8.00. The van der Waals surface area contributed by atoms with Crippen LogP contribution in [0.25, 0.3) is 6.08 Å². The Hall–Kier alpha value is -5.80. The third-order valence-corrected chi connectivity index (χ3v) is 8.98. The number of nitrogens with one attached hydrogen (secondary N) is 3. The SMILES string of the molecule is COc1ccc(/C=C(/NC(=O)c2ccccc2)C(=O)Nc2cccc(SC(C(=O)Nc3ccc(C)c(C)c3)c3ccccc3)c2)c(OC)c1. The average Bonchev–Trinajstić information content (AvgIpc) is 3.12. The molecule has 1 atom stereocenters. The predicted octanol–water partition coefficient (Wildman–Crippen LogP) is 8.20. The monoisotopic (exact) mass is 671 g/mol. The molecule has 0 heterocycles. The van der Waals surface area contributed by atoms with Crippen molar-refractivity contribution in [1.29, 1.82) is 0 Å². The number of thioether (sulfide) groups is 1. The molecule has 5 aromatic rings. The Kier molecular flexibility index (Phi) is 11.5. The molecule has 5 aromatic carbocycles. The molecule has 0 bridgehead atoms. The van der Waals surface area contributed by atoms with Gasteiger partial charge >= 0.3 is 0 Å². The largest absolute Gasteiger partial charge is 0.497 e. The number of carbonyl (C=O) groups excluding carboxylic acids is 3. The van der Waals surface area contributed by atoms with Crippen LogP contribution in [0.4, 0.5) is 11.4 Å². The topological polar surface area (TPSA) is 106 Å². The molecular formula is C40H37N3O5S. The normalized spacial score (nSPS) is 11.6. The fraction of sp³-hybridized carbons (Fsp3) is 0.125. The van der Waals surface area contributed by atoms with Gasteiger partial charge in [-0.15, -0.1) is 11.8 Å². The van der Waals surface area contributed by atoms with Crippen molar-refractivity contribution in [1.82, 2.24) is 5.32 Å². The summed E-state index contributed by atoms with van der Waals surface area (Å²) in [5, 5.41) is 8.17. The van der Waals surface area contributed by atoms with Gasteiger partial charge in [0, 0.05) is 33.5 Å². The molecule has 3 N–H and O–H groups in total. The van der Waals surface area contributed by atoms with Gasteiger partial charge in [-0.05, 0) is 91.2 Å². The molecule has 0 aliphatic carbocycles. The number of hydrogen-bond donors (Lipinski definition) is 3. The van der Waals surface area contributed by atoms with Crippen LogP contribution in [-0.2, 0) is 9.59 Å². The lowest BCUT2D eigenvalue weighted by Crippen LogP contribution is -2.30. The van der Waals surface area contributed by atoms with Crippen LogP contribution in [-0.4, -0.2) is 31.9 Å². The fourth-order valence-electron chi connectivity index (χ4n) is 4.95. The molecule has 0 saturated heterocycles. The summed E-state index contributed by atoms with van der Waals surface area (Å²) >= 11 is 1.37. The van der Waals surface area contributed by atoms with Gasteiger partial charge in [0.2, 0.25) is 5.91 Å². The molecule has 0 aliphatic rings. The van der Waals surface area contributed by atoms with Crippen LogP contribution in [0.2, 0.25) is 0 Å². The number of rotatable bonds is 12. The van der Waals surface area contributed by atoms with E-state index in [1.807, 2.05) is 74.5 Å². The van der Waals surface area contributed by atoms with E-state index >= 15 is 0 Å². The molecule has 1 unspecified atom stereocenters. The lowest BCUT2D eigenvalue weighted by Gasteiger charge is -2.18. The second kappa shape index (κ2) is 16.3. The van der Waals surface area contributed by atoms with Crippen LogP contribution in [0.15, 0.2) is 132 Å². The highest BCUT2D eigenvalue weighted by Crippen LogP contribution is 2.37. The van der Waals surface area contributed by atoms with Crippen LogP contribution in [0.5, 0.6) is 11.5 Å². The van der Waals surface area contributed by atoms with E-state index in [-0.39, 0.29) is 11.6 Å². The van der Waals surface area contributed by atoms with Gasteiger partial charge in [-0.3, -0.25) is 14.4 Å². The lowest BCUT2D eigenvalue weighted by atomic mass is 10.1. The van der Waals surface area contributed by atoms with Crippen molar-refractivity contribution in [3.63, 3.8) is 0 Å². The quantitative estimate of drug-likeness (QED) is 0.0913. The second-order valence-corrected chi connectivity index (χ2v) is 12.3. The summed E-state index contributed by atoms with van der Waals surface area (Å²) in [6, 6.07) is 36.4. The molecular weight excluding hydrogens is 635 g/mol. The number of methoxy groups -OCH3 is 2. The lowest BCUT2D eigenvalue weighted by molar-refractivity contribution is -0.116. The zero-order valence-corrected chi connectivity index (χ0v) is 28.5. The van der Waals surface area contributed by atoms with Gasteiger partial charge < -0.3 is 25.4 Å². The molecule has 8 nitrogen and oxygen atoms in total. The highest BCUT2D eigenvalue weighted by Gasteiger charge is 2.23. The van der Waals surface area contributed by atoms with Crippen molar-refractivity contribution in [2.75, 3.05) is 24.9 Å². The van der Waals surface area contributed by atoms with E-state index in [0.29, 0.717) is 28.3 Å². The van der Waals surface area contributed by atoms with E-state index < -0.39 is 17.1 Å². The summed E-state index contributed by atoms with van der Waals surface area (Å²) in [5.74, 6) is -0.117.